The number of nitrogens with two attached hydrogens (primary N) is 1. The van der Waals surface area contributed by atoms with Gasteiger partial charge >= 0.3 is 0 Å². The molecule has 0 aliphatic carbocycles. The summed E-state index contributed by atoms with van der Waals surface area (Å²) in [4.78, 5) is 14.8. The molecule has 1 aliphatic heterocycles. The van der Waals surface area contributed by atoms with Crippen molar-refractivity contribution in [3.05, 3.63) is 27.7 Å². The topological polar surface area (TPSA) is 58.3 Å². The van der Waals surface area contributed by atoms with E-state index < -0.39 is 0 Å². The molecule has 0 spiro atoms. The first-order chi connectivity index (χ1) is 9.72. The van der Waals surface area contributed by atoms with Gasteiger partial charge in [0.05, 0.1) is 6.04 Å². The van der Waals surface area contributed by atoms with E-state index in [2.05, 4.69) is 32.1 Å². The first-order valence-corrected chi connectivity index (χ1v) is 8.48. The predicted octanol–water partition coefficient (Wildman–Crippen LogP) is 2.06. The van der Waals surface area contributed by atoms with E-state index in [0.29, 0.717) is 11.2 Å². The maximum atomic E-state index is 5.67. The molecule has 0 aromatic carbocycles. The number of hydrogen-bond donors (Lipinski definition) is 1. The van der Waals surface area contributed by atoms with E-state index in [-0.39, 0.29) is 0 Å². The van der Waals surface area contributed by atoms with Crippen LogP contribution in [0.25, 0.3) is 0 Å². The van der Waals surface area contributed by atoms with Crippen molar-refractivity contribution < 1.29 is 0 Å². The number of nitrogens with zero attached hydrogens (tertiary/aromatic N) is 4. The number of rotatable bonds is 4. The van der Waals surface area contributed by atoms with Crippen LogP contribution in [0.3, 0.4) is 0 Å². The SMILES string of the molecule is CC(c1nccs1)N1CCN(Cc2cnc(N)s2)CC1. The number of hydrogen-bond acceptors (Lipinski definition) is 7. The van der Waals surface area contributed by atoms with E-state index in [1.165, 1.54) is 9.88 Å². The van der Waals surface area contributed by atoms with Gasteiger partial charge in [0.2, 0.25) is 0 Å². The van der Waals surface area contributed by atoms with Gasteiger partial charge in [-0.2, -0.15) is 0 Å². The van der Waals surface area contributed by atoms with Crippen LogP contribution in [0.4, 0.5) is 5.13 Å². The number of thiazole rings is 2. The van der Waals surface area contributed by atoms with E-state index in [4.69, 9.17) is 5.73 Å². The third-order valence-corrected chi connectivity index (χ3v) is 5.47. The minimum absolute atomic E-state index is 0.427. The Kier molecular flexibility index (Phi) is 4.30. The van der Waals surface area contributed by atoms with Crippen molar-refractivity contribution in [3.8, 4) is 0 Å². The molecule has 1 aliphatic rings. The Morgan fingerprint density at radius 3 is 2.70 bits per heavy atom. The fourth-order valence-electron chi connectivity index (χ4n) is 2.52. The number of aromatic nitrogens is 2. The van der Waals surface area contributed by atoms with Gasteiger partial charge in [0.1, 0.15) is 5.01 Å². The Hall–Kier alpha value is -1.02. The standard InChI is InChI=1S/C13H19N5S2/c1-10(12-15-2-7-19-12)18-5-3-17(4-6-18)9-11-8-16-13(14)20-11/h2,7-8,10H,3-6,9H2,1H3,(H2,14,16). The second-order valence-corrected chi connectivity index (χ2v) is 7.10. The van der Waals surface area contributed by atoms with E-state index in [0.717, 1.165) is 32.7 Å². The van der Waals surface area contributed by atoms with Gasteiger partial charge in [0, 0.05) is 55.4 Å². The van der Waals surface area contributed by atoms with Crippen molar-refractivity contribution in [2.75, 3.05) is 31.9 Å². The van der Waals surface area contributed by atoms with E-state index in [1.54, 1.807) is 22.7 Å². The van der Waals surface area contributed by atoms with Crippen LogP contribution in [0, 0.1) is 0 Å². The molecule has 1 saturated heterocycles. The van der Waals surface area contributed by atoms with Crippen LogP contribution < -0.4 is 5.73 Å². The van der Waals surface area contributed by atoms with Gasteiger partial charge in [0.15, 0.2) is 5.13 Å². The lowest BCUT2D eigenvalue weighted by Crippen LogP contribution is -2.46. The Morgan fingerprint density at radius 1 is 1.30 bits per heavy atom. The predicted molar refractivity (Wildman–Crippen MR) is 83.9 cm³/mol. The van der Waals surface area contributed by atoms with Gasteiger partial charge in [-0.15, -0.1) is 22.7 Å². The average Bonchev–Trinajstić information content (AvgIpc) is 3.11. The molecule has 7 heteroatoms. The lowest BCUT2D eigenvalue weighted by Gasteiger charge is -2.37. The fourth-order valence-corrected chi connectivity index (χ4v) is 3.98. The first-order valence-electron chi connectivity index (χ1n) is 6.78. The largest absolute Gasteiger partial charge is 0.375 e. The highest BCUT2D eigenvalue weighted by Crippen LogP contribution is 2.24. The molecule has 2 aromatic heterocycles. The summed E-state index contributed by atoms with van der Waals surface area (Å²) in [5.74, 6) is 0. The van der Waals surface area contributed by atoms with E-state index in [9.17, 15) is 0 Å². The molecular weight excluding hydrogens is 290 g/mol. The van der Waals surface area contributed by atoms with Crippen LogP contribution in [0.5, 0.6) is 0 Å². The lowest BCUT2D eigenvalue weighted by molar-refractivity contribution is 0.0983. The van der Waals surface area contributed by atoms with Crippen molar-refractivity contribution in [2.24, 2.45) is 0 Å². The Morgan fingerprint density at radius 2 is 2.10 bits per heavy atom. The Balaban J connectivity index is 1.52. The maximum absolute atomic E-state index is 5.67. The van der Waals surface area contributed by atoms with Crippen molar-refractivity contribution in [2.45, 2.75) is 19.5 Å². The summed E-state index contributed by atoms with van der Waals surface area (Å²) in [6, 6.07) is 0.427. The normalized spacial score (nSPS) is 19.2. The van der Waals surface area contributed by atoms with Gasteiger partial charge in [-0.1, -0.05) is 0 Å². The van der Waals surface area contributed by atoms with E-state index >= 15 is 0 Å². The summed E-state index contributed by atoms with van der Waals surface area (Å²) in [5.41, 5.74) is 5.67. The summed E-state index contributed by atoms with van der Waals surface area (Å²) >= 11 is 3.33. The van der Waals surface area contributed by atoms with Gasteiger partial charge in [-0.3, -0.25) is 9.80 Å². The average molecular weight is 309 g/mol. The molecule has 0 bridgehead atoms. The van der Waals surface area contributed by atoms with Crippen molar-refractivity contribution >= 4 is 27.8 Å². The zero-order valence-electron chi connectivity index (χ0n) is 11.5. The van der Waals surface area contributed by atoms with Crippen LogP contribution in [0.2, 0.25) is 0 Å². The highest BCUT2D eigenvalue weighted by molar-refractivity contribution is 7.15. The summed E-state index contributed by atoms with van der Waals surface area (Å²) in [5, 5.41) is 3.93. The van der Waals surface area contributed by atoms with Crippen molar-refractivity contribution in [3.63, 3.8) is 0 Å². The zero-order valence-corrected chi connectivity index (χ0v) is 13.2. The molecule has 5 nitrogen and oxygen atoms in total. The second-order valence-electron chi connectivity index (χ2n) is 5.02. The minimum Gasteiger partial charge on any atom is -0.375 e. The molecule has 1 unspecified atom stereocenters. The van der Waals surface area contributed by atoms with Crippen LogP contribution in [0.1, 0.15) is 22.9 Å². The molecular formula is C13H19N5S2. The third kappa shape index (κ3) is 3.17. The number of anilines is 1. The van der Waals surface area contributed by atoms with Gasteiger partial charge in [-0.25, -0.2) is 9.97 Å². The van der Waals surface area contributed by atoms with Crippen molar-refractivity contribution in [1.82, 2.24) is 19.8 Å². The summed E-state index contributed by atoms with van der Waals surface area (Å²) in [6.45, 7) is 7.58. The Bertz CT molecular complexity index is 531. The fraction of sp³-hybridized carbons (Fsp3) is 0.538. The van der Waals surface area contributed by atoms with Crippen LogP contribution in [0.15, 0.2) is 17.8 Å². The van der Waals surface area contributed by atoms with Crippen LogP contribution in [-0.4, -0.2) is 45.9 Å². The molecule has 3 heterocycles. The lowest BCUT2D eigenvalue weighted by atomic mass is 10.2. The van der Waals surface area contributed by atoms with Crippen LogP contribution >= 0.6 is 22.7 Å². The number of piperazine rings is 1. The molecule has 20 heavy (non-hydrogen) atoms. The maximum Gasteiger partial charge on any atom is 0.180 e. The molecule has 0 radical (unpaired) electrons. The van der Waals surface area contributed by atoms with Gasteiger partial charge < -0.3 is 5.73 Å². The molecule has 1 fully saturated rings. The monoisotopic (exact) mass is 309 g/mol. The highest BCUT2D eigenvalue weighted by Gasteiger charge is 2.23. The first kappa shape index (κ1) is 13.9. The summed E-state index contributed by atoms with van der Waals surface area (Å²) in [7, 11) is 0. The highest BCUT2D eigenvalue weighted by atomic mass is 32.1. The third-order valence-electron chi connectivity index (χ3n) is 3.71. The minimum atomic E-state index is 0.427. The molecule has 108 valence electrons. The van der Waals surface area contributed by atoms with Crippen LogP contribution in [-0.2, 0) is 6.54 Å². The van der Waals surface area contributed by atoms with Crippen molar-refractivity contribution in [1.29, 1.82) is 0 Å². The molecule has 0 saturated carbocycles. The summed E-state index contributed by atoms with van der Waals surface area (Å²) in [6.07, 6.45) is 3.78. The second kappa shape index (κ2) is 6.17. The molecule has 1 atom stereocenters. The Labute approximate surface area is 127 Å². The molecule has 0 amide bonds. The van der Waals surface area contributed by atoms with E-state index in [1.807, 2.05) is 12.4 Å². The van der Waals surface area contributed by atoms with Gasteiger partial charge in [0.25, 0.3) is 0 Å². The smallest absolute Gasteiger partial charge is 0.180 e. The molecule has 3 rings (SSSR count). The summed E-state index contributed by atoms with van der Waals surface area (Å²) < 4.78 is 0. The number of nitrogen functional groups attached to an aromatic ring is 1. The molecule has 2 aromatic rings. The molecule has 2 N–H and O–H groups in total. The van der Waals surface area contributed by atoms with Gasteiger partial charge in [-0.05, 0) is 6.92 Å². The quantitative estimate of drug-likeness (QED) is 0.937. The zero-order chi connectivity index (χ0) is 13.9.